The lowest BCUT2D eigenvalue weighted by molar-refractivity contribution is 0.1000. The number of pyridine rings is 2. The maximum Gasteiger partial charge on any atom is 0.250 e. The number of nitriles is 1. The Bertz CT molecular complexity index is 1130. The molecule has 2 heterocycles. The number of carbonyl (C=O) groups is 1. The molecule has 0 aliphatic heterocycles. The lowest BCUT2D eigenvalue weighted by atomic mass is 10.0. The third-order valence-electron chi connectivity index (χ3n) is 4.14. The Labute approximate surface area is 154 Å². The van der Waals surface area contributed by atoms with Crippen molar-refractivity contribution in [2.24, 2.45) is 12.8 Å². The lowest BCUT2D eigenvalue weighted by Crippen LogP contribution is -2.23. The average Bonchev–Trinajstić information content (AvgIpc) is 2.64. The molecule has 1 aromatic carbocycles. The minimum absolute atomic E-state index is 0.196. The number of halogens is 1. The van der Waals surface area contributed by atoms with Crippen molar-refractivity contribution in [2.75, 3.05) is 0 Å². The molecule has 0 atom stereocenters. The summed E-state index contributed by atoms with van der Waals surface area (Å²) in [6.07, 6.45) is 1.96. The fourth-order valence-corrected chi connectivity index (χ4v) is 2.87. The number of rotatable bonds is 4. The van der Waals surface area contributed by atoms with Crippen molar-refractivity contribution in [3.05, 3.63) is 87.1 Å². The van der Waals surface area contributed by atoms with Gasteiger partial charge in [0.2, 0.25) is 0 Å². The largest absolute Gasteiger partial charge is 0.366 e. The minimum Gasteiger partial charge on any atom is -0.366 e. The Kier molecular flexibility index (Phi) is 4.81. The molecule has 3 rings (SSSR count). The van der Waals surface area contributed by atoms with Gasteiger partial charge >= 0.3 is 0 Å². The summed E-state index contributed by atoms with van der Waals surface area (Å²) >= 11 is 0. The van der Waals surface area contributed by atoms with Gasteiger partial charge in [0, 0.05) is 19.3 Å². The highest BCUT2D eigenvalue weighted by molar-refractivity contribution is 5.98. The molecule has 2 N–H and O–H groups in total. The predicted molar refractivity (Wildman–Crippen MR) is 97.4 cm³/mol. The van der Waals surface area contributed by atoms with Crippen LogP contribution in [0.15, 0.2) is 53.5 Å². The number of benzene rings is 1. The number of nitrogens with two attached hydrogens (primary N) is 1. The molecular formula is C20H15FN4O2. The normalized spacial score (nSPS) is 10.4. The summed E-state index contributed by atoms with van der Waals surface area (Å²) in [5.41, 5.74) is 7.74. The van der Waals surface area contributed by atoms with E-state index in [1.807, 2.05) is 6.07 Å². The highest BCUT2D eigenvalue weighted by atomic mass is 19.1. The van der Waals surface area contributed by atoms with E-state index in [1.54, 1.807) is 24.4 Å². The second-order valence-electron chi connectivity index (χ2n) is 6.05. The molecule has 0 saturated carbocycles. The van der Waals surface area contributed by atoms with Crippen molar-refractivity contribution in [3.8, 4) is 17.5 Å². The maximum atomic E-state index is 13.6. The first-order valence-electron chi connectivity index (χ1n) is 8.03. The number of amides is 1. The number of aromatic nitrogens is 2. The van der Waals surface area contributed by atoms with E-state index >= 15 is 0 Å². The summed E-state index contributed by atoms with van der Waals surface area (Å²) in [7, 11) is 1.54. The van der Waals surface area contributed by atoms with Gasteiger partial charge < -0.3 is 10.3 Å². The maximum absolute atomic E-state index is 13.6. The fourth-order valence-electron chi connectivity index (χ4n) is 2.87. The quantitative estimate of drug-likeness (QED) is 0.768. The zero-order valence-corrected chi connectivity index (χ0v) is 14.4. The molecule has 0 fully saturated rings. The summed E-state index contributed by atoms with van der Waals surface area (Å²) in [6, 6.07) is 12.2. The van der Waals surface area contributed by atoms with Gasteiger partial charge in [-0.2, -0.15) is 5.26 Å². The zero-order valence-electron chi connectivity index (χ0n) is 14.4. The highest BCUT2D eigenvalue weighted by Gasteiger charge is 2.15. The van der Waals surface area contributed by atoms with Crippen LogP contribution < -0.4 is 11.3 Å². The molecule has 0 saturated heterocycles. The van der Waals surface area contributed by atoms with E-state index in [9.17, 15) is 14.0 Å². The van der Waals surface area contributed by atoms with Crippen LogP contribution in [0.25, 0.3) is 11.4 Å². The fraction of sp³-hybridized carbons (Fsp3) is 0.100. The van der Waals surface area contributed by atoms with Gasteiger partial charge in [0.05, 0.1) is 28.6 Å². The number of nitrogens with zero attached hydrogens (tertiary/aromatic N) is 3. The van der Waals surface area contributed by atoms with E-state index < -0.39 is 11.7 Å². The van der Waals surface area contributed by atoms with E-state index in [4.69, 9.17) is 11.0 Å². The summed E-state index contributed by atoms with van der Waals surface area (Å²) in [6.45, 7) is 0. The molecule has 0 spiro atoms. The van der Waals surface area contributed by atoms with Crippen molar-refractivity contribution in [2.45, 2.75) is 6.42 Å². The first-order chi connectivity index (χ1) is 12.9. The van der Waals surface area contributed by atoms with Gasteiger partial charge in [-0.25, -0.2) is 4.39 Å². The van der Waals surface area contributed by atoms with Crippen molar-refractivity contribution < 1.29 is 9.18 Å². The van der Waals surface area contributed by atoms with Crippen molar-refractivity contribution in [3.63, 3.8) is 0 Å². The molecule has 3 aromatic rings. The molecule has 7 heteroatoms. The number of hydrogen-bond donors (Lipinski definition) is 1. The molecule has 0 aliphatic carbocycles. The molecule has 27 heavy (non-hydrogen) atoms. The molecule has 0 aliphatic rings. The topological polar surface area (TPSA) is 102 Å². The summed E-state index contributed by atoms with van der Waals surface area (Å²) in [5, 5.41) is 8.94. The van der Waals surface area contributed by atoms with Gasteiger partial charge in [0.1, 0.15) is 5.82 Å². The summed E-state index contributed by atoms with van der Waals surface area (Å²) in [5.74, 6) is -1.13. The van der Waals surface area contributed by atoms with Gasteiger partial charge in [0.25, 0.3) is 11.5 Å². The van der Waals surface area contributed by atoms with Gasteiger partial charge in [-0.1, -0.05) is 6.07 Å². The van der Waals surface area contributed by atoms with E-state index in [0.717, 1.165) is 5.56 Å². The van der Waals surface area contributed by atoms with E-state index in [1.165, 1.54) is 35.9 Å². The van der Waals surface area contributed by atoms with Crippen LogP contribution >= 0.6 is 0 Å². The van der Waals surface area contributed by atoms with E-state index in [2.05, 4.69) is 4.98 Å². The number of hydrogen-bond acceptors (Lipinski definition) is 4. The average molecular weight is 362 g/mol. The van der Waals surface area contributed by atoms with Crippen molar-refractivity contribution in [1.29, 1.82) is 5.26 Å². The van der Waals surface area contributed by atoms with Gasteiger partial charge in [0.15, 0.2) is 0 Å². The highest BCUT2D eigenvalue weighted by Crippen LogP contribution is 2.21. The summed E-state index contributed by atoms with van der Waals surface area (Å²) in [4.78, 5) is 27.9. The van der Waals surface area contributed by atoms with Crippen molar-refractivity contribution >= 4 is 5.91 Å². The van der Waals surface area contributed by atoms with Crippen LogP contribution in [0, 0.1) is 17.1 Å². The monoisotopic (exact) mass is 362 g/mol. The standard InChI is InChI=1S/C20H15FN4O2/c1-25-18(26)5-3-16(20(23)27)19(25)17-4-2-12(11-24-17)6-13-7-14(10-22)9-15(21)8-13/h2-5,7-9,11H,6H2,1H3,(H2,23,27). The molecule has 1 amide bonds. The molecule has 0 unspecified atom stereocenters. The van der Waals surface area contributed by atoms with Crippen LogP contribution in [-0.4, -0.2) is 15.5 Å². The van der Waals surface area contributed by atoms with Gasteiger partial charge in [-0.3, -0.25) is 14.6 Å². The second-order valence-corrected chi connectivity index (χ2v) is 6.05. The van der Waals surface area contributed by atoms with Crippen LogP contribution in [0.4, 0.5) is 4.39 Å². The molecule has 0 radical (unpaired) electrons. The molecule has 6 nitrogen and oxygen atoms in total. The molecule has 2 aromatic heterocycles. The van der Waals surface area contributed by atoms with E-state index in [-0.39, 0.29) is 16.7 Å². The number of primary amides is 1. The van der Waals surface area contributed by atoms with Gasteiger partial charge in [-0.05, 0) is 47.9 Å². The van der Waals surface area contributed by atoms with E-state index in [0.29, 0.717) is 23.4 Å². The molecule has 134 valence electrons. The number of carbonyl (C=O) groups excluding carboxylic acids is 1. The predicted octanol–water partition coefficient (Wildman–Crippen LogP) is 2.15. The van der Waals surface area contributed by atoms with Crippen molar-refractivity contribution in [1.82, 2.24) is 9.55 Å². The minimum atomic E-state index is -0.657. The van der Waals surface area contributed by atoms with Gasteiger partial charge in [-0.15, -0.1) is 0 Å². The Morgan fingerprint density at radius 2 is 2.00 bits per heavy atom. The Morgan fingerprint density at radius 1 is 1.22 bits per heavy atom. The van der Waals surface area contributed by atoms with Crippen LogP contribution in [0.1, 0.15) is 27.0 Å². The Morgan fingerprint density at radius 3 is 2.63 bits per heavy atom. The Balaban J connectivity index is 1.97. The first-order valence-corrected chi connectivity index (χ1v) is 8.03. The SMILES string of the molecule is Cn1c(-c2ccc(Cc3cc(F)cc(C#N)c3)cn2)c(C(N)=O)ccc1=O. The Hall–Kier alpha value is -3.79. The van der Waals surface area contributed by atoms with Crippen LogP contribution in [0.2, 0.25) is 0 Å². The smallest absolute Gasteiger partial charge is 0.250 e. The first kappa shape index (κ1) is 18.0. The third kappa shape index (κ3) is 3.75. The third-order valence-corrected chi connectivity index (χ3v) is 4.14. The molecular weight excluding hydrogens is 347 g/mol. The second kappa shape index (κ2) is 7.22. The lowest BCUT2D eigenvalue weighted by Gasteiger charge is -2.12. The molecule has 0 bridgehead atoms. The summed E-state index contributed by atoms with van der Waals surface area (Å²) < 4.78 is 14.9. The van der Waals surface area contributed by atoms with Crippen LogP contribution in [-0.2, 0) is 13.5 Å². The zero-order chi connectivity index (χ0) is 19.6. The van der Waals surface area contributed by atoms with Crippen LogP contribution in [0.3, 0.4) is 0 Å². The van der Waals surface area contributed by atoms with Crippen LogP contribution in [0.5, 0.6) is 0 Å².